The SMILES string of the molecule is O=C([C@H]1CCCN(c2cnccn2)C1)N1CCC[C@@H](n2cccn2)C1. The molecule has 7 heteroatoms. The third-order valence-electron chi connectivity index (χ3n) is 5.25. The van der Waals surface area contributed by atoms with Crippen molar-refractivity contribution in [1.82, 2.24) is 24.6 Å². The fourth-order valence-electron chi connectivity index (χ4n) is 3.97. The van der Waals surface area contributed by atoms with Crippen LogP contribution in [0.25, 0.3) is 0 Å². The zero-order valence-electron chi connectivity index (χ0n) is 14.4. The minimum absolute atomic E-state index is 0.0483. The van der Waals surface area contributed by atoms with Gasteiger partial charge in [-0.25, -0.2) is 4.98 Å². The largest absolute Gasteiger partial charge is 0.355 e. The Balaban J connectivity index is 1.41. The molecule has 2 aliphatic rings. The van der Waals surface area contributed by atoms with E-state index in [9.17, 15) is 4.79 Å². The number of likely N-dealkylation sites (tertiary alicyclic amines) is 1. The number of carbonyl (C=O) groups is 1. The van der Waals surface area contributed by atoms with Gasteiger partial charge in [0.15, 0.2) is 0 Å². The molecule has 2 aromatic rings. The second kappa shape index (κ2) is 7.21. The van der Waals surface area contributed by atoms with Crippen molar-refractivity contribution in [3.05, 3.63) is 37.1 Å². The molecule has 4 heterocycles. The molecule has 2 fully saturated rings. The summed E-state index contributed by atoms with van der Waals surface area (Å²) in [6, 6.07) is 2.24. The van der Waals surface area contributed by atoms with E-state index in [2.05, 4.69) is 20.0 Å². The molecule has 7 nitrogen and oxygen atoms in total. The number of hydrogen-bond acceptors (Lipinski definition) is 5. The van der Waals surface area contributed by atoms with Crippen molar-refractivity contribution in [2.75, 3.05) is 31.1 Å². The monoisotopic (exact) mass is 340 g/mol. The third kappa shape index (κ3) is 3.50. The van der Waals surface area contributed by atoms with Crippen LogP contribution < -0.4 is 4.90 Å². The molecule has 0 bridgehead atoms. The summed E-state index contributed by atoms with van der Waals surface area (Å²) < 4.78 is 1.99. The first-order valence-corrected chi connectivity index (χ1v) is 9.10. The van der Waals surface area contributed by atoms with Crippen LogP contribution in [0.3, 0.4) is 0 Å². The fourth-order valence-corrected chi connectivity index (χ4v) is 3.97. The average molecular weight is 340 g/mol. The van der Waals surface area contributed by atoms with E-state index in [1.165, 1.54) is 0 Å². The van der Waals surface area contributed by atoms with Crippen LogP contribution in [0, 0.1) is 5.92 Å². The van der Waals surface area contributed by atoms with E-state index in [1.807, 2.05) is 21.8 Å². The smallest absolute Gasteiger partial charge is 0.227 e. The minimum atomic E-state index is 0.0483. The van der Waals surface area contributed by atoms with Gasteiger partial charge in [-0.05, 0) is 31.7 Å². The van der Waals surface area contributed by atoms with Gasteiger partial charge in [-0.3, -0.25) is 14.5 Å². The van der Waals surface area contributed by atoms with Gasteiger partial charge in [-0.1, -0.05) is 0 Å². The van der Waals surface area contributed by atoms with Crippen LogP contribution in [0.1, 0.15) is 31.7 Å². The molecule has 0 saturated carbocycles. The molecule has 132 valence electrons. The van der Waals surface area contributed by atoms with Gasteiger partial charge in [0, 0.05) is 51.0 Å². The second-order valence-electron chi connectivity index (χ2n) is 6.92. The molecule has 2 atom stereocenters. The van der Waals surface area contributed by atoms with E-state index >= 15 is 0 Å². The van der Waals surface area contributed by atoms with Crippen molar-refractivity contribution in [3.8, 4) is 0 Å². The van der Waals surface area contributed by atoms with Crippen LogP contribution >= 0.6 is 0 Å². The quantitative estimate of drug-likeness (QED) is 0.852. The van der Waals surface area contributed by atoms with Crippen LogP contribution in [-0.4, -0.2) is 56.7 Å². The molecule has 1 amide bonds. The van der Waals surface area contributed by atoms with Gasteiger partial charge in [0.25, 0.3) is 0 Å². The Morgan fingerprint density at radius 2 is 2.00 bits per heavy atom. The van der Waals surface area contributed by atoms with Crippen molar-refractivity contribution in [1.29, 1.82) is 0 Å². The highest BCUT2D eigenvalue weighted by Gasteiger charge is 2.32. The lowest BCUT2D eigenvalue weighted by atomic mass is 9.95. The molecular weight excluding hydrogens is 316 g/mol. The third-order valence-corrected chi connectivity index (χ3v) is 5.25. The van der Waals surface area contributed by atoms with E-state index in [0.717, 1.165) is 57.7 Å². The molecule has 2 aromatic heterocycles. The Kier molecular flexibility index (Phi) is 4.63. The zero-order chi connectivity index (χ0) is 17.1. The Morgan fingerprint density at radius 1 is 1.08 bits per heavy atom. The number of carbonyl (C=O) groups excluding carboxylic acids is 1. The topological polar surface area (TPSA) is 67.2 Å². The molecule has 4 rings (SSSR count). The molecule has 0 spiro atoms. The summed E-state index contributed by atoms with van der Waals surface area (Å²) in [6.07, 6.45) is 13.1. The van der Waals surface area contributed by atoms with Gasteiger partial charge in [0.05, 0.1) is 18.2 Å². The fraction of sp³-hybridized carbons (Fsp3) is 0.556. The predicted molar refractivity (Wildman–Crippen MR) is 94.0 cm³/mol. The number of piperidine rings is 2. The zero-order valence-corrected chi connectivity index (χ0v) is 14.4. The maximum absolute atomic E-state index is 13.1. The Hall–Kier alpha value is -2.44. The van der Waals surface area contributed by atoms with Crippen LogP contribution in [-0.2, 0) is 4.79 Å². The van der Waals surface area contributed by atoms with Crippen LogP contribution in [0.4, 0.5) is 5.82 Å². The number of hydrogen-bond donors (Lipinski definition) is 0. The van der Waals surface area contributed by atoms with E-state index in [-0.39, 0.29) is 11.8 Å². The van der Waals surface area contributed by atoms with Crippen molar-refractivity contribution >= 4 is 11.7 Å². The summed E-state index contributed by atoms with van der Waals surface area (Å²) in [5.74, 6) is 1.20. The maximum Gasteiger partial charge on any atom is 0.227 e. The lowest BCUT2D eigenvalue weighted by Gasteiger charge is -2.38. The summed E-state index contributed by atoms with van der Waals surface area (Å²) in [7, 11) is 0. The van der Waals surface area contributed by atoms with Crippen molar-refractivity contribution in [3.63, 3.8) is 0 Å². The second-order valence-corrected chi connectivity index (χ2v) is 6.92. The van der Waals surface area contributed by atoms with Crippen LogP contribution in [0.15, 0.2) is 37.1 Å². The van der Waals surface area contributed by atoms with E-state index in [4.69, 9.17) is 0 Å². The normalized spacial score (nSPS) is 24.3. The summed E-state index contributed by atoms with van der Waals surface area (Å²) in [5.41, 5.74) is 0. The van der Waals surface area contributed by atoms with E-state index in [1.54, 1.807) is 24.8 Å². The van der Waals surface area contributed by atoms with Crippen LogP contribution in [0.2, 0.25) is 0 Å². The van der Waals surface area contributed by atoms with Crippen molar-refractivity contribution in [2.24, 2.45) is 5.92 Å². The van der Waals surface area contributed by atoms with Crippen LogP contribution in [0.5, 0.6) is 0 Å². The Bertz CT molecular complexity index is 689. The Morgan fingerprint density at radius 3 is 2.80 bits per heavy atom. The number of anilines is 1. The van der Waals surface area contributed by atoms with Gasteiger partial charge in [-0.15, -0.1) is 0 Å². The van der Waals surface area contributed by atoms with Gasteiger partial charge >= 0.3 is 0 Å². The number of aromatic nitrogens is 4. The highest BCUT2D eigenvalue weighted by atomic mass is 16.2. The summed E-state index contributed by atoms with van der Waals surface area (Å²) in [5, 5.41) is 4.35. The molecule has 0 unspecified atom stereocenters. The maximum atomic E-state index is 13.1. The van der Waals surface area contributed by atoms with Gasteiger partial charge < -0.3 is 9.80 Å². The molecule has 0 aliphatic carbocycles. The number of amides is 1. The highest BCUT2D eigenvalue weighted by molar-refractivity contribution is 5.80. The first-order valence-electron chi connectivity index (χ1n) is 9.10. The van der Waals surface area contributed by atoms with E-state index in [0.29, 0.717) is 6.04 Å². The average Bonchev–Trinajstić information content (AvgIpc) is 3.23. The van der Waals surface area contributed by atoms with E-state index < -0.39 is 0 Å². The summed E-state index contributed by atoms with van der Waals surface area (Å²) in [4.78, 5) is 25.8. The lowest BCUT2D eigenvalue weighted by Crippen LogP contribution is -2.48. The number of nitrogens with zero attached hydrogens (tertiary/aromatic N) is 6. The van der Waals surface area contributed by atoms with Gasteiger partial charge in [-0.2, -0.15) is 5.10 Å². The lowest BCUT2D eigenvalue weighted by molar-refractivity contribution is -0.137. The molecule has 0 N–H and O–H groups in total. The van der Waals surface area contributed by atoms with Crippen molar-refractivity contribution < 1.29 is 4.79 Å². The van der Waals surface area contributed by atoms with Gasteiger partial charge in [0.1, 0.15) is 5.82 Å². The minimum Gasteiger partial charge on any atom is -0.355 e. The van der Waals surface area contributed by atoms with Crippen molar-refractivity contribution in [2.45, 2.75) is 31.7 Å². The molecule has 0 aromatic carbocycles. The van der Waals surface area contributed by atoms with Gasteiger partial charge in [0.2, 0.25) is 5.91 Å². The Labute approximate surface area is 147 Å². The summed E-state index contributed by atoms with van der Waals surface area (Å²) in [6.45, 7) is 3.30. The predicted octanol–water partition coefficient (Wildman–Crippen LogP) is 1.75. The molecule has 0 radical (unpaired) electrons. The highest BCUT2D eigenvalue weighted by Crippen LogP contribution is 2.26. The first-order chi connectivity index (χ1) is 12.3. The standard InChI is InChI=1S/C18H24N6O/c25-18(23-10-2-5-16(14-23)24-11-3-6-21-24)15-4-1-9-22(13-15)17-12-19-7-8-20-17/h3,6-8,11-12,15-16H,1-2,4-5,9-10,13-14H2/t15-,16+/m0/s1. The molecule has 2 aliphatic heterocycles. The first kappa shape index (κ1) is 16.1. The molecule has 2 saturated heterocycles. The molecule has 25 heavy (non-hydrogen) atoms. The summed E-state index contributed by atoms with van der Waals surface area (Å²) >= 11 is 0. The number of rotatable bonds is 3. The molecular formula is C18H24N6O.